The maximum Gasteiger partial charge on any atom is 0.260 e. The first kappa shape index (κ1) is 21.3. The molecule has 0 radical (unpaired) electrons. The third-order valence-electron chi connectivity index (χ3n) is 5.34. The van der Waals surface area contributed by atoms with E-state index in [1.54, 1.807) is 16.2 Å². The monoisotopic (exact) mass is 415 g/mol. The number of amides is 2. The normalized spacial score (nSPS) is 15.9. The minimum absolute atomic E-state index is 0.0298. The van der Waals surface area contributed by atoms with Crippen molar-refractivity contribution in [2.75, 3.05) is 40.3 Å². The van der Waals surface area contributed by atoms with Gasteiger partial charge < -0.3 is 19.9 Å². The summed E-state index contributed by atoms with van der Waals surface area (Å²) in [4.78, 5) is 28.9. The number of nitrogens with one attached hydrogen (secondary N) is 1. The molecule has 1 fully saturated rings. The SMILES string of the molecule is CN(C)[C@@H](CNC(=O)C1CCN(C(=O)COc2ccccc2)CC1)c1ccsc1. The fourth-order valence-electron chi connectivity index (χ4n) is 3.55. The van der Waals surface area contributed by atoms with Crippen molar-refractivity contribution >= 4 is 23.2 Å². The molecule has 1 aliphatic rings. The van der Waals surface area contributed by atoms with E-state index in [9.17, 15) is 9.59 Å². The summed E-state index contributed by atoms with van der Waals surface area (Å²) in [5.41, 5.74) is 1.22. The topological polar surface area (TPSA) is 61.9 Å². The fourth-order valence-corrected chi connectivity index (χ4v) is 4.26. The van der Waals surface area contributed by atoms with Gasteiger partial charge >= 0.3 is 0 Å². The lowest BCUT2D eigenvalue weighted by Gasteiger charge is -2.32. The lowest BCUT2D eigenvalue weighted by atomic mass is 9.95. The Kier molecular flexibility index (Phi) is 7.66. The van der Waals surface area contributed by atoms with Crippen LogP contribution in [0, 0.1) is 5.92 Å². The van der Waals surface area contributed by atoms with Crippen molar-refractivity contribution in [1.29, 1.82) is 0 Å². The van der Waals surface area contributed by atoms with Crippen LogP contribution in [-0.4, -0.2) is 62.0 Å². The molecule has 2 aromatic rings. The third-order valence-corrected chi connectivity index (χ3v) is 6.05. The van der Waals surface area contributed by atoms with Crippen LogP contribution in [0.15, 0.2) is 47.2 Å². The van der Waals surface area contributed by atoms with E-state index in [1.165, 1.54) is 5.56 Å². The quantitative estimate of drug-likeness (QED) is 0.720. The average Bonchev–Trinajstić information content (AvgIpc) is 3.27. The number of benzene rings is 1. The second-order valence-corrected chi connectivity index (χ2v) is 8.32. The molecule has 0 saturated carbocycles. The molecule has 1 aliphatic heterocycles. The summed E-state index contributed by atoms with van der Waals surface area (Å²) in [6.45, 7) is 1.81. The summed E-state index contributed by atoms with van der Waals surface area (Å²) < 4.78 is 5.54. The highest BCUT2D eigenvalue weighted by Crippen LogP contribution is 2.22. The largest absolute Gasteiger partial charge is 0.484 e. The number of carbonyl (C=O) groups is 2. The summed E-state index contributed by atoms with van der Waals surface area (Å²) in [5, 5.41) is 7.29. The highest BCUT2D eigenvalue weighted by molar-refractivity contribution is 7.07. The van der Waals surface area contributed by atoms with E-state index in [0.29, 0.717) is 38.2 Å². The number of para-hydroxylation sites is 1. The van der Waals surface area contributed by atoms with Gasteiger partial charge in [0.25, 0.3) is 5.91 Å². The van der Waals surface area contributed by atoms with Gasteiger partial charge in [0.05, 0.1) is 6.04 Å². The molecule has 0 spiro atoms. The van der Waals surface area contributed by atoms with Gasteiger partial charge in [-0.1, -0.05) is 18.2 Å². The van der Waals surface area contributed by atoms with E-state index in [1.807, 2.05) is 44.4 Å². The summed E-state index contributed by atoms with van der Waals surface area (Å²) in [7, 11) is 4.05. The van der Waals surface area contributed by atoms with E-state index >= 15 is 0 Å². The molecule has 3 rings (SSSR count). The summed E-state index contributed by atoms with van der Waals surface area (Å²) >= 11 is 1.67. The predicted molar refractivity (Wildman–Crippen MR) is 115 cm³/mol. The van der Waals surface area contributed by atoms with Crippen molar-refractivity contribution in [2.45, 2.75) is 18.9 Å². The summed E-state index contributed by atoms with van der Waals surface area (Å²) in [6, 6.07) is 11.6. The molecule has 0 unspecified atom stereocenters. The number of hydrogen-bond acceptors (Lipinski definition) is 5. The summed E-state index contributed by atoms with van der Waals surface area (Å²) in [6.07, 6.45) is 1.38. The van der Waals surface area contributed by atoms with Gasteiger partial charge in [0.15, 0.2) is 6.61 Å². The number of hydrogen-bond donors (Lipinski definition) is 1. The van der Waals surface area contributed by atoms with Gasteiger partial charge in [-0.2, -0.15) is 11.3 Å². The van der Waals surface area contributed by atoms with Crippen molar-refractivity contribution in [3.05, 3.63) is 52.7 Å². The minimum atomic E-state index is -0.0422. The van der Waals surface area contributed by atoms with Gasteiger partial charge in [-0.3, -0.25) is 9.59 Å². The van der Waals surface area contributed by atoms with E-state index in [4.69, 9.17) is 4.74 Å². The van der Waals surface area contributed by atoms with Crippen molar-refractivity contribution < 1.29 is 14.3 Å². The minimum Gasteiger partial charge on any atom is -0.484 e. The number of rotatable bonds is 8. The first-order valence-electron chi connectivity index (χ1n) is 9.96. The zero-order valence-corrected chi connectivity index (χ0v) is 17.9. The first-order valence-corrected chi connectivity index (χ1v) is 10.9. The second kappa shape index (κ2) is 10.4. The molecular weight excluding hydrogens is 386 g/mol. The number of likely N-dealkylation sites (N-methyl/N-ethyl adjacent to an activating group) is 1. The zero-order valence-electron chi connectivity index (χ0n) is 17.0. The molecule has 0 bridgehead atoms. The van der Waals surface area contributed by atoms with Gasteiger partial charge in [0.2, 0.25) is 5.91 Å². The maximum atomic E-state index is 12.6. The van der Waals surface area contributed by atoms with E-state index in [2.05, 4.69) is 27.0 Å². The number of piperidine rings is 1. The standard InChI is InChI=1S/C22H29N3O3S/c1-24(2)20(18-10-13-29-16-18)14-23-22(27)17-8-11-25(12-9-17)21(26)15-28-19-6-4-3-5-7-19/h3-7,10,13,16-17,20H,8-9,11-12,14-15H2,1-2H3,(H,23,27)/t20-/m0/s1. The van der Waals surface area contributed by atoms with Gasteiger partial charge in [-0.05, 0) is 61.5 Å². The van der Waals surface area contributed by atoms with Crippen molar-refractivity contribution in [1.82, 2.24) is 15.1 Å². The summed E-state index contributed by atoms with van der Waals surface area (Å²) in [5.74, 6) is 0.702. The Hall–Kier alpha value is -2.38. The Balaban J connectivity index is 1.41. The van der Waals surface area contributed by atoms with Gasteiger partial charge in [-0.25, -0.2) is 0 Å². The molecule has 6 nitrogen and oxygen atoms in total. The predicted octanol–water partition coefficient (Wildman–Crippen LogP) is 2.78. The van der Waals surface area contributed by atoms with Crippen LogP contribution in [0.4, 0.5) is 0 Å². The van der Waals surface area contributed by atoms with Crippen LogP contribution in [0.2, 0.25) is 0 Å². The number of carbonyl (C=O) groups excluding carboxylic acids is 2. The Bertz CT molecular complexity index is 772. The van der Waals surface area contributed by atoms with Crippen LogP contribution in [0.3, 0.4) is 0 Å². The van der Waals surface area contributed by atoms with Crippen LogP contribution >= 0.6 is 11.3 Å². The van der Waals surface area contributed by atoms with Gasteiger partial charge in [-0.15, -0.1) is 0 Å². The Morgan fingerprint density at radius 3 is 2.55 bits per heavy atom. The molecule has 2 amide bonds. The van der Waals surface area contributed by atoms with Crippen LogP contribution in [-0.2, 0) is 9.59 Å². The first-order chi connectivity index (χ1) is 14.0. The molecule has 1 aromatic carbocycles. The molecule has 1 aromatic heterocycles. The average molecular weight is 416 g/mol. The molecule has 2 heterocycles. The van der Waals surface area contributed by atoms with Gasteiger partial charge in [0, 0.05) is 25.6 Å². The highest BCUT2D eigenvalue weighted by atomic mass is 32.1. The number of nitrogens with zero attached hydrogens (tertiary/aromatic N) is 2. The van der Waals surface area contributed by atoms with Crippen molar-refractivity contribution in [2.24, 2.45) is 5.92 Å². The number of likely N-dealkylation sites (tertiary alicyclic amines) is 1. The molecule has 7 heteroatoms. The van der Waals surface area contributed by atoms with E-state index in [-0.39, 0.29) is 30.4 Å². The number of thiophene rings is 1. The Morgan fingerprint density at radius 2 is 1.93 bits per heavy atom. The Labute approximate surface area is 176 Å². The zero-order chi connectivity index (χ0) is 20.6. The third kappa shape index (κ3) is 6.05. The van der Waals surface area contributed by atoms with Crippen molar-refractivity contribution in [3.63, 3.8) is 0 Å². The molecular formula is C22H29N3O3S. The van der Waals surface area contributed by atoms with E-state index < -0.39 is 0 Å². The van der Waals surface area contributed by atoms with Crippen LogP contribution in [0.5, 0.6) is 5.75 Å². The smallest absolute Gasteiger partial charge is 0.260 e. The molecule has 0 aliphatic carbocycles. The van der Waals surface area contributed by atoms with Crippen LogP contribution in [0.25, 0.3) is 0 Å². The maximum absolute atomic E-state index is 12.6. The molecule has 1 atom stereocenters. The highest BCUT2D eigenvalue weighted by Gasteiger charge is 2.28. The molecule has 29 heavy (non-hydrogen) atoms. The Morgan fingerprint density at radius 1 is 1.21 bits per heavy atom. The molecule has 1 N–H and O–H groups in total. The van der Waals surface area contributed by atoms with Crippen LogP contribution < -0.4 is 10.1 Å². The molecule has 1 saturated heterocycles. The lowest BCUT2D eigenvalue weighted by molar-refractivity contribution is -0.137. The second-order valence-electron chi connectivity index (χ2n) is 7.54. The number of ether oxygens (including phenoxy) is 1. The lowest BCUT2D eigenvalue weighted by Crippen LogP contribution is -2.45. The van der Waals surface area contributed by atoms with Crippen molar-refractivity contribution in [3.8, 4) is 5.75 Å². The van der Waals surface area contributed by atoms with Crippen LogP contribution in [0.1, 0.15) is 24.4 Å². The fraction of sp³-hybridized carbons (Fsp3) is 0.455. The van der Waals surface area contributed by atoms with Gasteiger partial charge in [0.1, 0.15) is 5.75 Å². The van der Waals surface area contributed by atoms with E-state index in [0.717, 1.165) is 0 Å². The molecule has 156 valence electrons.